The van der Waals surface area contributed by atoms with Gasteiger partial charge in [-0.25, -0.2) is 4.98 Å². The number of aromatic nitrogens is 1. The van der Waals surface area contributed by atoms with Crippen molar-refractivity contribution in [1.82, 2.24) is 4.98 Å². The number of ether oxygens (including phenoxy) is 3. The fraction of sp³-hybridized carbons (Fsp3) is 0.455. The van der Waals surface area contributed by atoms with Crippen LogP contribution >= 0.6 is 0 Å². The van der Waals surface area contributed by atoms with Gasteiger partial charge in [0.1, 0.15) is 0 Å². The molecule has 0 radical (unpaired) electrons. The summed E-state index contributed by atoms with van der Waals surface area (Å²) in [6.07, 6.45) is -11.2. The fourth-order valence-electron chi connectivity index (χ4n) is 1.45. The molecule has 0 fully saturated rings. The molecule has 5 nitrogen and oxygen atoms in total. The minimum absolute atomic E-state index is 0.0671. The van der Waals surface area contributed by atoms with Gasteiger partial charge in [0, 0.05) is 6.07 Å². The summed E-state index contributed by atoms with van der Waals surface area (Å²) >= 11 is 0. The normalized spacial score (nSPS) is 12.0. The Morgan fingerprint density at radius 2 is 1.77 bits per heavy atom. The summed E-state index contributed by atoms with van der Waals surface area (Å²) in [5.74, 6) is -3.16. The standard InChI is InChI=1S/C11H9F6NO4/c1-20-8(19)4-6-5(10(12,13)14)3-7(9(18-6)21-2)22-11(15,16)17/h3H,4H2,1-2H3. The zero-order valence-corrected chi connectivity index (χ0v) is 11.1. The van der Waals surface area contributed by atoms with Gasteiger partial charge in [0.25, 0.3) is 5.88 Å². The highest BCUT2D eigenvalue weighted by Gasteiger charge is 2.39. The molecule has 1 rings (SSSR count). The predicted octanol–water partition coefficient (Wildman–Crippen LogP) is 2.72. The Morgan fingerprint density at radius 3 is 2.18 bits per heavy atom. The molecule has 0 aliphatic rings. The second kappa shape index (κ2) is 6.28. The second-order valence-corrected chi connectivity index (χ2v) is 3.79. The highest BCUT2D eigenvalue weighted by Crippen LogP contribution is 2.39. The summed E-state index contributed by atoms with van der Waals surface area (Å²) in [4.78, 5) is 14.4. The summed E-state index contributed by atoms with van der Waals surface area (Å²) in [6.45, 7) is 0. The van der Waals surface area contributed by atoms with Crippen LogP contribution in [0.1, 0.15) is 11.3 Å². The Bertz CT molecular complexity index is 555. The van der Waals surface area contributed by atoms with Gasteiger partial charge in [0.05, 0.1) is 31.9 Å². The number of carbonyl (C=O) groups excluding carboxylic acids is 1. The lowest BCUT2D eigenvalue weighted by Crippen LogP contribution is -2.20. The van der Waals surface area contributed by atoms with E-state index in [1.54, 1.807) is 0 Å². The van der Waals surface area contributed by atoms with E-state index in [1.165, 1.54) is 0 Å². The van der Waals surface area contributed by atoms with Crippen LogP contribution in [0.5, 0.6) is 11.6 Å². The van der Waals surface area contributed by atoms with Crippen LogP contribution in [-0.2, 0) is 22.1 Å². The number of esters is 1. The van der Waals surface area contributed by atoms with Crippen molar-refractivity contribution < 1.29 is 45.3 Å². The molecule has 0 bridgehead atoms. The van der Waals surface area contributed by atoms with E-state index in [0.29, 0.717) is 0 Å². The van der Waals surface area contributed by atoms with Crippen LogP contribution in [-0.4, -0.2) is 31.5 Å². The molecule has 0 aliphatic carbocycles. The number of rotatable bonds is 4. The molecule has 0 atom stereocenters. The Labute approximate surface area is 119 Å². The lowest BCUT2D eigenvalue weighted by molar-refractivity contribution is -0.275. The van der Waals surface area contributed by atoms with Crippen molar-refractivity contribution in [3.63, 3.8) is 0 Å². The maximum atomic E-state index is 12.9. The van der Waals surface area contributed by atoms with Crippen molar-refractivity contribution in [3.05, 3.63) is 17.3 Å². The molecule has 1 aromatic heterocycles. The molecular formula is C11H9F6NO4. The molecule has 124 valence electrons. The van der Waals surface area contributed by atoms with Gasteiger partial charge in [-0.2, -0.15) is 13.2 Å². The number of halogens is 6. The molecule has 0 spiro atoms. The lowest BCUT2D eigenvalue weighted by Gasteiger charge is -2.17. The first-order valence-electron chi connectivity index (χ1n) is 5.45. The van der Waals surface area contributed by atoms with Crippen LogP contribution in [0.2, 0.25) is 0 Å². The number of nitrogens with zero attached hydrogens (tertiary/aromatic N) is 1. The van der Waals surface area contributed by atoms with Crippen molar-refractivity contribution >= 4 is 5.97 Å². The van der Waals surface area contributed by atoms with Gasteiger partial charge in [-0.15, -0.1) is 13.2 Å². The number of alkyl halides is 6. The molecule has 0 amide bonds. The molecular weight excluding hydrogens is 324 g/mol. The summed E-state index contributed by atoms with van der Waals surface area (Å²) < 4.78 is 87.3. The van der Waals surface area contributed by atoms with E-state index in [2.05, 4.69) is 19.2 Å². The third kappa shape index (κ3) is 4.67. The van der Waals surface area contributed by atoms with Crippen LogP contribution in [0.4, 0.5) is 26.3 Å². The first kappa shape index (κ1) is 17.9. The number of pyridine rings is 1. The van der Waals surface area contributed by atoms with E-state index >= 15 is 0 Å². The summed E-state index contributed by atoms with van der Waals surface area (Å²) in [6, 6.07) is 0.0671. The quantitative estimate of drug-likeness (QED) is 0.626. The van der Waals surface area contributed by atoms with Crippen LogP contribution in [0.3, 0.4) is 0 Å². The van der Waals surface area contributed by atoms with Gasteiger partial charge in [0.2, 0.25) is 0 Å². The Kier molecular flexibility index (Phi) is 5.09. The Hall–Kier alpha value is -2.20. The summed E-state index contributed by atoms with van der Waals surface area (Å²) in [7, 11) is 1.83. The van der Waals surface area contributed by atoms with E-state index in [9.17, 15) is 31.1 Å². The minimum Gasteiger partial charge on any atom is -0.478 e. The van der Waals surface area contributed by atoms with Crippen LogP contribution < -0.4 is 9.47 Å². The molecule has 0 unspecified atom stereocenters. The largest absolute Gasteiger partial charge is 0.573 e. The molecule has 11 heteroatoms. The minimum atomic E-state index is -5.23. The first-order valence-corrected chi connectivity index (χ1v) is 5.45. The number of methoxy groups -OCH3 is 2. The molecule has 0 aromatic carbocycles. The molecule has 0 saturated heterocycles. The van der Waals surface area contributed by atoms with Crippen molar-refractivity contribution in [2.24, 2.45) is 0 Å². The van der Waals surface area contributed by atoms with Gasteiger partial charge in [-0.05, 0) is 0 Å². The average Bonchev–Trinajstić information content (AvgIpc) is 2.36. The van der Waals surface area contributed by atoms with E-state index < -0.39 is 47.8 Å². The van der Waals surface area contributed by atoms with Crippen LogP contribution in [0, 0.1) is 0 Å². The monoisotopic (exact) mass is 333 g/mol. The summed E-state index contributed by atoms with van der Waals surface area (Å²) in [5.41, 5.74) is -2.40. The smallest absolute Gasteiger partial charge is 0.478 e. The number of hydrogen-bond acceptors (Lipinski definition) is 5. The van der Waals surface area contributed by atoms with E-state index in [4.69, 9.17) is 0 Å². The lowest BCUT2D eigenvalue weighted by atomic mass is 10.1. The van der Waals surface area contributed by atoms with Crippen molar-refractivity contribution in [3.8, 4) is 11.6 Å². The molecule has 1 aromatic rings. The fourth-order valence-corrected chi connectivity index (χ4v) is 1.45. The first-order chi connectivity index (χ1) is 9.97. The Balaban J connectivity index is 3.42. The predicted molar refractivity (Wildman–Crippen MR) is 58.2 cm³/mol. The number of hydrogen-bond donors (Lipinski definition) is 0. The van der Waals surface area contributed by atoms with Crippen LogP contribution in [0.25, 0.3) is 0 Å². The van der Waals surface area contributed by atoms with Crippen LogP contribution in [0.15, 0.2) is 6.07 Å². The third-order valence-electron chi connectivity index (χ3n) is 2.30. The van der Waals surface area contributed by atoms with Gasteiger partial charge in [-0.1, -0.05) is 0 Å². The molecule has 1 heterocycles. The molecule has 0 saturated carbocycles. The zero-order chi connectivity index (χ0) is 17.1. The number of carbonyl (C=O) groups is 1. The van der Waals surface area contributed by atoms with Crippen molar-refractivity contribution in [1.29, 1.82) is 0 Å². The zero-order valence-electron chi connectivity index (χ0n) is 11.1. The highest BCUT2D eigenvalue weighted by atomic mass is 19.4. The Morgan fingerprint density at radius 1 is 1.18 bits per heavy atom. The van der Waals surface area contributed by atoms with Gasteiger partial charge < -0.3 is 14.2 Å². The van der Waals surface area contributed by atoms with Crippen molar-refractivity contribution in [2.45, 2.75) is 19.0 Å². The van der Waals surface area contributed by atoms with Crippen molar-refractivity contribution in [2.75, 3.05) is 14.2 Å². The van der Waals surface area contributed by atoms with Gasteiger partial charge in [0.15, 0.2) is 5.75 Å². The maximum absolute atomic E-state index is 12.9. The third-order valence-corrected chi connectivity index (χ3v) is 2.30. The van der Waals surface area contributed by atoms with Gasteiger partial charge >= 0.3 is 18.5 Å². The average molecular weight is 333 g/mol. The van der Waals surface area contributed by atoms with Gasteiger partial charge in [-0.3, -0.25) is 4.79 Å². The maximum Gasteiger partial charge on any atom is 0.573 e. The highest BCUT2D eigenvalue weighted by molar-refractivity contribution is 5.72. The molecule has 22 heavy (non-hydrogen) atoms. The van der Waals surface area contributed by atoms with E-state index in [-0.39, 0.29) is 6.07 Å². The van der Waals surface area contributed by atoms with E-state index in [0.717, 1.165) is 14.2 Å². The second-order valence-electron chi connectivity index (χ2n) is 3.79. The molecule has 0 aliphatic heterocycles. The molecule has 0 N–H and O–H groups in total. The summed E-state index contributed by atoms with van der Waals surface area (Å²) in [5, 5.41) is 0. The SMILES string of the molecule is COC(=O)Cc1nc(OC)c(OC(F)(F)F)cc1C(F)(F)F. The topological polar surface area (TPSA) is 57.7 Å². The van der Waals surface area contributed by atoms with E-state index in [1.807, 2.05) is 0 Å².